The second kappa shape index (κ2) is 8.84. The number of amidine groups is 1. The van der Waals surface area contributed by atoms with E-state index in [0.717, 1.165) is 38.4 Å². The summed E-state index contributed by atoms with van der Waals surface area (Å²) < 4.78 is 13.8. The van der Waals surface area contributed by atoms with E-state index in [1.165, 1.54) is 0 Å². The standard InChI is InChI=1S/C23H21BrN4O2/c1-25-19-7-4-15(5-8-19)16-11-21-23(26-12-22(29-2)30-3)27-20-9-6-18(24)10-17(20)14-28(21)13-16/h4-11,13,22H,12,14H2,2-3H3,(H,26,27). The Hall–Kier alpha value is -2.92. The molecule has 0 aliphatic carbocycles. The van der Waals surface area contributed by atoms with E-state index in [-0.39, 0.29) is 0 Å². The Morgan fingerprint density at radius 3 is 2.60 bits per heavy atom. The summed E-state index contributed by atoms with van der Waals surface area (Å²) in [7, 11) is 3.21. The molecular weight excluding hydrogens is 444 g/mol. The molecule has 0 unspecified atom stereocenters. The number of methoxy groups -OCH3 is 2. The topological polar surface area (TPSA) is 52.1 Å². The van der Waals surface area contributed by atoms with E-state index in [9.17, 15) is 0 Å². The maximum absolute atomic E-state index is 7.15. The van der Waals surface area contributed by atoms with E-state index in [4.69, 9.17) is 21.0 Å². The van der Waals surface area contributed by atoms with Gasteiger partial charge in [-0.3, -0.25) is 4.99 Å². The minimum Gasteiger partial charge on any atom is -0.354 e. The van der Waals surface area contributed by atoms with Gasteiger partial charge in [0, 0.05) is 42.7 Å². The monoisotopic (exact) mass is 464 g/mol. The van der Waals surface area contributed by atoms with Gasteiger partial charge in [0.25, 0.3) is 0 Å². The van der Waals surface area contributed by atoms with E-state index in [1.807, 2.05) is 30.3 Å². The number of halogens is 1. The number of anilines is 1. The molecule has 0 radical (unpaired) electrons. The summed E-state index contributed by atoms with van der Waals surface area (Å²) in [5.41, 5.74) is 5.93. The van der Waals surface area contributed by atoms with E-state index < -0.39 is 6.29 Å². The Labute approximate surface area is 184 Å². The van der Waals surface area contributed by atoms with Crippen molar-refractivity contribution in [3.63, 3.8) is 0 Å². The summed E-state index contributed by atoms with van der Waals surface area (Å²) in [5, 5.41) is 3.49. The van der Waals surface area contributed by atoms with Crippen LogP contribution >= 0.6 is 15.9 Å². The Morgan fingerprint density at radius 1 is 1.13 bits per heavy atom. The minimum absolute atomic E-state index is 0.376. The van der Waals surface area contributed by atoms with Crippen molar-refractivity contribution < 1.29 is 9.47 Å². The lowest BCUT2D eigenvalue weighted by atomic mass is 10.1. The second-order valence-corrected chi connectivity index (χ2v) is 7.83. The maximum atomic E-state index is 7.15. The number of rotatable bonds is 5. The summed E-state index contributed by atoms with van der Waals surface area (Å²) in [6.07, 6.45) is 1.72. The number of nitrogens with one attached hydrogen (secondary N) is 1. The van der Waals surface area contributed by atoms with E-state index in [0.29, 0.717) is 18.8 Å². The predicted octanol–water partition coefficient (Wildman–Crippen LogP) is 5.31. The zero-order chi connectivity index (χ0) is 21.1. The molecule has 0 saturated heterocycles. The third-order valence-corrected chi connectivity index (χ3v) is 5.55. The van der Waals surface area contributed by atoms with Crippen LogP contribution in [-0.4, -0.2) is 37.5 Å². The molecule has 1 aliphatic rings. The fraction of sp³-hybridized carbons (Fsp3) is 0.217. The number of aliphatic imine (C=N–C) groups is 1. The first kappa shape index (κ1) is 20.4. The van der Waals surface area contributed by atoms with Gasteiger partial charge >= 0.3 is 0 Å². The highest BCUT2D eigenvalue weighted by Crippen LogP contribution is 2.30. The van der Waals surface area contributed by atoms with Gasteiger partial charge in [-0.15, -0.1) is 0 Å². The van der Waals surface area contributed by atoms with E-state index >= 15 is 0 Å². The van der Waals surface area contributed by atoms with Crippen molar-refractivity contribution in [2.45, 2.75) is 12.8 Å². The summed E-state index contributed by atoms with van der Waals surface area (Å²) >= 11 is 3.57. The average Bonchev–Trinajstić information content (AvgIpc) is 3.12. The normalized spacial score (nSPS) is 14.0. The Balaban J connectivity index is 1.77. The molecule has 7 heteroatoms. The summed E-state index contributed by atoms with van der Waals surface area (Å²) in [5.74, 6) is 0.763. The van der Waals surface area contributed by atoms with Crippen molar-refractivity contribution in [2.75, 3.05) is 26.1 Å². The number of benzene rings is 2. The molecule has 1 N–H and O–H groups in total. The molecule has 6 nitrogen and oxygen atoms in total. The molecular formula is C23H21BrN4O2. The van der Waals surface area contributed by atoms with E-state index in [2.05, 4.69) is 55.1 Å². The molecule has 4 rings (SSSR count). The zero-order valence-corrected chi connectivity index (χ0v) is 18.3. The minimum atomic E-state index is -0.406. The smallest absolute Gasteiger partial charge is 0.187 e. The van der Waals surface area contributed by atoms with Gasteiger partial charge in [0.2, 0.25) is 0 Å². The van der Waals surface area contributed by atoms with Gasteiger partial charge in [0.15, 0.2) is 12.0 Å². The molecule has 1 aliphatic heterocycles. The SMILES string of the molecule is [C-]#[N+]c1ccc(-c2cc3n(c2)Cc2cc(Br)ccc2NC3=NCC(OC)OC)cc1. The molecule has 0 atom stereocenters. The highest BCUT2D eigenvalue weighted by Gasteiger charge is 2.20. The quantitative estimate of drug-likeness (QED) is 0.411. The fourth-order valence-corrected chi connectivity index (χ4v) is 3.86. The first-order valence-corrected chi connectivity index (χ1v) is 10.2. The molecule has 2 aromatic carbocycles. The predicted molar refractivity (Wildman–Crippen MR) is 122 cm³/mol. The number of aromatic nitrogens is 1. The average molecular weight is 465 g/mol. The molecule has 1 aromatic heterocycles. The lowest BCUT2D eigenvalue weighted by Crippen LogP contribution is -2.21. The van der Waals surface area contributed by atoms with Gasteiger partial charge in [0.05, 0.1) is 18.8 Å². The number of fused-ring (bicyclic) bond motifs is 2. The first-order chi connectivity index (χ1) is 14.6. The van der Waals surface area contributed by atoms with Crippen LogP contribution in [0.4, 0.5) is 11.4 Å². The van der Waals surface area contributed by atoms with Gasteiger partial charge < -0.3 is 19.4 Å². The molecule has 30 heavy (non-hydrogen) atoms. The lowest BCUT2D eigenvalue weighted by molar-refractivity contribution is -0.0936. The third-order valence-electron chi connectivity index (χ3n) is 5.05. The highest BCUT2D eigenvalue weighted by molar-refractivity contribution is 9.10. The van der Waals surface area contributed by atoms with Crippen LogP contribution in [0.5, 0.6) is 0 Å². The molecule has 0 fully saturated rings. The van der Waals surface area contributed by atoms with Crippen LogP contribution < -0.4 is 5.32 Å². The zero-order valence-electron chi connectivity index (χ0n) is 16.7. The summed E-state index contributed by atoms with van der Waals surface area (Å²) in [6.45, 7) is 8.24. The molecule has 152 valence electrons. The van der Waals surface area contributed by atoms with Gasteiger partial charge in [0.1, 0.15) is 5.84 Å². The second-order valence-electron chi connectivity index (χ2n) is 6.92. The van der Waals surface area contributed by atoms with Crippen LogP contribution in [0.3, 0.4) is 0 Å². The summed E-state index contributed by atoms with van der Waals surface area (Å²) in [6, 6.07) is 15.9. The van der Waals surface area contributed by atoms with Crippen LogP contribution in [-0.2, 0) is 16.0 Å². The lowest BCUT2D eigenvalue weighted by Gasteiger charge is -2.13. The Morgan fingerprint density at radius 2 is 1.90 bits per heavy atom. The Kier molecular flexibility index (Phi) is 6.00. The highest BCUT2D eigenvalue weighted by atomic mass is 79.9. The van der Waals surface area contributed by atoms with Crippen molar-refractivity contribution in [3.05, 3.63) is 81.9 Å². The van der Waals surface area contributed by atoms with Crippen molar-refractivity contribution in [1.82, 2.24) is 4.57 Å². The first-order valence-electron chi connectivity index (χ1n) is 9.45. The molecule has 2 heterocycles. The fourth-order valence-electron chi connectivity index (χ4n) is 3.45. The molecule has 0 saturated carbocycles. The number of nitrogens with zero attached hydrogens (tertiary/aromatic N) is 3. The van der Waals surface area contributed by atoms with Crippen LogP contribution in [0.25, 0.3) is 16.0 Å². The van der Waals surface area contributed by atoms with Crippen molar-refractivity contribution in [1.29, 1.82) is 0 Å². The van der Waals surface area contributed by atoms with Gasteiger partial charge in [-0.1, -0.05) is 40.2 Å². The van der Waals surface area contributed by atoms with Gasteiger partial charge in [-0.2, -0.15) is 0 Å². The van der Waals surface area contributed by atoms with Crippen LogP contribution in [0.15, 0.2) is 64.2 Å². The van der Waals surface area contributed by atoms with Crippen molar-refractivity contribution in [2.24, 2.45) is 4.99 Å². The summed E-state index contributed by atoms with van der Waals surface area (Å²) in [4.78, 5) is 8.24. The van der Waals surface area contributed by atoms with E-state index in [1.54, 1.807) is 14.2 Å². The van der Waals surface area contributed by atoms with Crippen molar-refractivity contribution >= 4 is 33.1 Å². The van der Waals surface area contributed by atoms with Crippen molar-refractivity contribution in [3.8, 4) is 11.1 Å². The number of hydrogen-bond acceptors (Lipinski definition) is 3. The third kappa shape index (κ3) is 4.17. The molecule has 0 spiro atoms. The number of ether oxygens (including phenoxy) is 2. The van der Waals surface area contributed by atoms with Gasteiger partial charge in [-0.25, -0.2) is 4.85 Å². The van der Waals surface area contributed by atoms with Crippen LogP contribution in [0.2, 0.25) is 0 Å². The maximum Gasteiger partial charge on any atom is 0.187 e. The molecule has 3 aromatic rings. The van der Waals surface area contributed by atoms with Crippen LogP contribution in [0.1, 0.15) is 11.3 Å². The largest absolute Gasteiger partial charge is 0.354 e. The number of hydrogen-bond donors (Lipinski definition) is 1. The van der Waals surface area contributed by atoms with Gasteiger partial charge in [-0.05, 0) is 35.4 Å². The van der Waals surface area contributed by atoms with Crippen LogP contribution in [0, 0.1) is 6.57 Å². The Bertz CT molecular complexity index is 1130. The molecule has 0 amide bonds. The molecule has 0 bridgehead atoms.